The number of aromatic nitrogens is 1. The summed E-state index contributed by atoms with van der Waals surface area (Å²) in [5, 5.41) is 5.48. The predicted molar refractivity (Wildman–Crippen MR) is 89.9 cm³/mol. The molecule has 0 saturated carbocycles. The largest absolute Gasteiger partial charge is 0.326 e. The molecule has 1 heterocycles. The van der Waals surface area contributed by atoms with Crippen LogP contribution in [0.4, 0.5) is 11.5 Å². The maximum atomic E-state index is 12.2. The summed E-state index contributed by atoms with van der Waals surface area (Å²) < 4.78 is 0.708. The summed E-state index contributed by atoms with van der Waals surface area (Å²) in [6, 6.07) is 10.4. The van der Waals surface area contributed by atoms with E-state index in [-0.39, 0.29) is 11.8 Å². The van der Waals surface area contributed by atoms with E-state index in [0.29, 0.717) is 28.0 Å². The lowest BCUT2D eigenvalue weighted by Crippen LogP contribution is -2.15. The molecule has 1 aromatic heterocycles. The van der Waals surface area contributed by atoms with Gasteiger partial charge in [0.05, 0.1) is 5.56 Å². The fourth-order valence-electron chi connectivity index (χ4n) is 1.86. The van der Waals surface area contributed by atoms with E-state index in [1.807, 2.05) is 13.0 Å². The van der Waals surface area contributed by atoms with Crippen molar-refractivity contribution in [1.82, 2.24) is 4.98 Å². The zero-order valence-electron chi connectivity index (χ0n) is 12.1. The van der Waals surface area contributed by atoms with Gasteiger partial charge in [0, 0.05) is 28.8 Å². The maximum absolute atomic E-state index is 12.2. The number of anilines is 2. The zero-order valence-corrected chi connectivity index (χ0v) is 13.7. The SMILES string of the molecule is CCCC(=O)Nc1ccnc(NC(=O)c2ccccc2Br)c1. The van der Waals surface area contributed by atoms with Crippen LogP contribution in [-0.2, 0) is 4.79 Å². The van der Waals surface area contributed by atoms with E-state index < -0.39 is 0 Å². The summed E-state index contributed by atoms with van der Waals surface area (Å²) >= 11 is 3.34. The number of hydrogen-bond acceptors (Lipinski definition) is 3. The van der Waals surface area contributed by atoms with Gasteiger partial charge in [0.1, 0.15) is 5.82 Å². The third-order valence-electron chi connectivity index (χ3n) is 2.88. The Morgan fingerprint density at radius 1 is 1.18 bits per heavy atom. The van der Waals surface area contributed by atoms with Gasteiger partial charge >= 0.3 is 0 Å². The van der Waals surface area contributed by atoms with Crippen LogP contribution in [0.3, 0.4) is 0 Å². The molecule has 6 heteroatoms. The highest BCUT2D eigenvalue weighted by Gasteiger charge is 2.10. The van der Waals surface area contributed by atoms with Gasteiger partial charge in [0.2, 0.25) is 5.91 Å². The van der Waals surface area contributed by atoms with Crippen LogP contribution < -0.4 is 10.6 Å². The minimum absolute atomic E-state index is 0.0585. The number of halogens is 1. The molecular weight excluding hydrogens is 346 g/mol. The van der Waals surface area contributed by atoms with Crippen LogP contribution >= 0.6 is 15.9 Å². The second-order valence-electron chi connectivity index (χ2n) is 4.66. The Morgan fingerprint density at radius 2 is 1.95 bits per heavy atom. The molecule has 2 N–H and O–H groups in total. The standard InChI is InChI=1S/C16H16BrN3O2/c1-2-5-15(21)19-11-8-9-18-14(10-11)20-16(22)12-6-3-4-7-13(12)17/h3-4,6-10H,2,5H2,1H3,(H2,18,19,20,21,22). The second-order valence-corrected chi connectivity index (χ2v) is 5.52. The molecule has 0 fully saturated rings. The lowest BCUT2D eigenvalue weighted by Gasteiger charge is -2.08. The zero-order chi connectivity index (χ0) is 15.9. The predicted octanol–water partition coefficient (Wildman–Crippen LogP) is 3.84. The van der Waals surface area contributed by atoms with Crippen LogP contribution in [0.1, 0.15) is 30.1 Å². The number of hydrogen-bond donors (Lipinski definition) is 2. The Hall–Kier alpha value is -2.21. The Kier molecular flexibility index (Phi) is 5.66. The molecule has 114 valence electrons. The van der Waals surface area contributed by atoms with Gasteiger partial charge in [-0.1, -0.05) is 19.1 Å². The number of pyridine rings is 1. The molecule has 2 rings (SSSR count). The van der Waals surface area contributed by atoms with Gasteiger partial charge in [-0.3, -0.25) is 9.59 Å². The summed E-state index contributed by atoms with van der Waals surface area (Å²) in [6.07, 6.45) is 2.78. The number of nitrogens with zero attached hydrogens (tertiary/aromatic N) is 1. The first kappa shape index (κ1) is 16.2. The third kappa shape index (κ3) is 4.39. The van der Waals surface area contributed by atoms with Gasteiger partial charge in [-0.05, 0) is 40.5 Å². The number of benzene rings is 1. The topological polar surface area (TPSA) is 71.1 Å². The minimum atomic E-state index is -0.267. The summed E-state index contributed by atoms with van der Waals surface area (Å²) in [5.41, 5.74) is 1.13. The number of nitrogens with one attached hydrogen (secondary N) is 2. The van der Waals surface area contributed by atoms with Gasteiger partial charge in [0.15, 0.2) is 0 Å². The van der Waals surface area contributed by atoms with Crippen LogP contribution in [0.15, 0.2) is 47.1 Å². The normalized spacial score (nSPS) is 10.1. The van der Waals surface area contributed by atoms with Gasteiger partial charge in [-0.2, -0.15) is 0 Å². The molecule has 0 bridgehead atoms. The number of carbonyl (C=O) groups excluding carboxylic acids is 2. The highest BCUT2D eigenvalue weighted by Crippen LogP contribution is 2.18. The van der Waals surface area contributed by atoms with E-state index in [4.69, 9.17) is 0 Å². The number of carbonyl (C=O) groups is 2. The fraction of sp³-hybridized carbons (Fsp3) is 0.188. The Labute approximate surface area is 137 Å². The molecule has 0 aliphatic rings. The monoisotopic (exact) mass is 361 g/mol. The molecule has 5 nitrogen and oxygen atoms in total. The van der Waals surface area contributed by atoms with E-state index in [2.05, 4.69) is 31.5 Å². The van der Waals surface area contributed by atoms with Crippen LogP contribution in [0.2, 0.25) is 0 Å². The van der Waals surface area contributed by atoms with E-state index in [0.717, 1.165) is 6.42 Å². The van der Waals surface area contributed by atoms with E-state index in [1.54, 1.807) is 30.3 Å². The van der Waals surface area contributed by atoms with Crippen LogP contribution in [0, 0.1) is 0 Å². The second kappa shape index (κ2) is 7.70. The average molecular weight is 362 g/mol. The Balaban J connectivity index is 2.09. The van der Waals surface area contributed by atoms with Crippen molar-refractivity contribution in [3.63, 3.8) is 0 Å². The quantitative estimate of drug-likeness (QED) is 0.849. The van der Waals surface area contributed by atoms with Crippen LogP contribution in [-0.4, -0.2) is 16.8 Å². The molecular formula is C16H16BrN3O2. The van der Waals surface area contributed by atoms with Crippen LogP contribution in [0.5, 0.6) is 0 Å². The van der Waals surface area contributed by atoms with Crippen molar-refractivity contribution < 1.29 is 9.59 Å². The first-order valence-electron chi connectivity index (χ1n) is 6.92. The Bertz CT molecular complexity index is 689. The van der Waals surface area contributed by atoms with Crippen LogP contribution in [0.25, 0.3) is 0 Å². The van der Waals surface area contributed by atoms with Crippen molar-refractivity contribution in [3.05, 3.63) is 52.6 Å². The smallest absolute Gasteiger partial charge is 0.257 e. The first-order valence-corrected chi connectivity index (χ1v) is 7.71. The van der Waals surface area contributed by atoms with Crippen molar-refractivity contribution in [3.8, 4) is 0 Å². The lowest BCUT2D eigenvalue weighted by atomic mass is 10.2. The highest BCUT2D eigenvalue weighted by molar-refractivity contribution is 9.10. The highest BCUT2D eigenvalue weighted by atomic mass is 79.9. The Morgan fingerprint density at radius 3 is 2.68 bits per heavy atom. The molecule has 0 spiro atoms. The summed E-state index contributed by atoms with van der Waals surface area (Å²) in [6.45, 7) is 1.94. The molecule has 0 unspecified atom stereocenters. The van der Waals surface area contributed by atoms with Crippen molar-refractivity contribution in [1.29, 1.82) is 0 Å². The van der Waals surface area contributed by atoms with Gasteiger partial charge in [-0.25, -0.2) is 4.98 Å². The lowest BCUT2D eigenvalue weighted by molar-refractivity contribution is -0.116. The van der Waals surface area contributed by atoms with E-state index >= 15 is 0 Å². The van der Waals surface area contributed by atoms with Crippen molar-refractivity contribution in [2.45, 2.75) is 19.8 Å². The van der Waals surface area contributed by atoms with E-state index in [9.17, 15) is 9.59 Å². The first-order chi connectivity index (χ1) is 10.6. The number of amides is 2. The third-order valence-corrected chi connectivity index (χ3v) is 3.57. The van der Waals surface area contributed by atoms with Crippen molar-refractivity contribution in [2.24, 2.45) is 0 Å². The molecule has 2 aromatic rings. The molecule has 0 saturated heterocycles. The van der Waals surface area contributed by atoms with E-state index in [1.165, 1.54) is 6.20 Å². The van der Waals surface area contributed by atoms with Gasteiger partial charge < -0.3 is 10.6 Å². The molecule has 0 atom stereocenters. The maximum Gasteiger partial charge on any atom is 0.257 e. The molecule has 0 aliphatic carbocycles. The molecule has 2 amide bonds. The van der Waals surface area contributed by atoms with Gasteiger partial charge in [0.25, 0.3) is 5.91 Å². The molecule has 1 aromatic carbocycles. The molecule has 0 aliphatic heterocycles. The fourth-order valence-corrected chi connectivity index (χ4v) is 2.32. The minimum Gasteiger partial charge on any atom is -0.326 e. The molecule has 0 radical (unpaired) electrons. The van der Waals surface area contributed by atoms with Gasteiger partial charge in [-0.15, -0.1) is 0 Å². The summed E-state index contributed by atoms with van der Waals surface area (Å²) in [4.78, 5) is 27.9. The average Bonchev–Trinajstić information content (AvgIpc) is 2.48. The number of rotatable bonds is 5. The summed E-state index contributed by atoms with van der Waals surface area (Å²) in [7, 11) is 0. The molecule has 22 heavy (non-hydrogen) atoms. The van der Waals surface area contributed by atoms with Crippen molar-refractivity contribution in [2.75, 3.05) is 10.6 Å². The van der Waals surface area contributed by atoms with Crippen molar-refractivity contribution >= 4 is 39.2 Å². The summed E-state index contributed by atoms with van der Waals surface area (Å²) in [5.74, 6) is 0.0591.